The van der Waals surface area contributed by atoms with Gasteiger partial charge in [0.05, 0.1) is 10.6 Å². The van der Waals surface area contributed by atoms with Gasteiger partial charge in [0, 0.05) is 42.0 Å². The van der Waals surface area contributed by atoms with Crippen LogP contribution >= 0.6 is 11.3 Å². The number of likely N-dealkylation sites (N-methyl/N-ethyl adjacent to an activating group) is 1. The van der Waals surface area contributed by atoms with Crippen LogP contribution in [0.3, 0.4) is 0 Å². The first kappa shape index (κ1) is 15.9. The summed E-state index contributed by atoms with van der Waals surface area (Å²) in [6.45, 7) is 5.32. The molecule has 23 heavy (non-hydrogen) atoms. The molecular weight excluding hydrogens is 304 g/mol. The number of hydrogen-bond acceptors (Lipinski definition) is 4. The lowest BCUT2D eigenvalue weighted by molar-refractivity contribution is 0.249. The van der Waals surface area contributed by atoms with Crippen LogP contribution in [0.5, 0.6) is 0 Å². The molecule has 0 bridgehead atoms. The molecule has 1 atom stereocenters. The molecule has 3 heterocycles. The van der Waals surface area contributed by atoms with E-state index < -0.39 is 0 Å². The molecule has 4 nitrogen and oxygen atoms in total. The van der Waals surface area contributed by atoms with Gasteiger partial charge in [0.1, 0.15) is 0 Å². The zero-order valence-electron chi connectivity index (χ0n) is 13.8. The number of nitrogens with zero attached hydrogens (tertiary/aromatic N) is 3. The van der Waals surface area contributed by atoms with E-state index in [0.717, 1.165) is 24.4 Å². The van der Waals surface area contributed by atoms with Crippen molar-refractivity contribution in [3.63, 3.8) is 0 Å². The molecule has 0 amide bonds. The van der Waals surface area contributed by atoms with Crippen LogP contribution in [0.25, 0.3) is 10.6 Å². The van der Waals surface area contributed by atoms with Crippen molar-refractivity contribution in [3.05, 3.63) is 58.9 Å². The van der Waals surface area contributed by atoms with Crippen molar-refractivity contribution in [3.8, 4) is 10.6 Å². The smallest absolute Gasteiger partial charge is 0.0749 e. The van der Waals surface area contributed by atoms with E-state index in [1.165, 1.54) is 15.3 Å². The Labute approximate surface area is 141 Å². The van der Waals surface area contributed by atoms with Crippen LogP contribution in [-0.2, 0) is 13.0 Å². The number of thiophene rings is 1. The summed E-state index contributed by atoms with van der Waals surface area (Å²) in [6, 6.07) is 11.0. The van der Waals surface area contributed by atoms with E-state index in [1.807, 2.05) is 29.7 Å². The maximum Gasteiger partial charge on any atom is 0.0749 e. The van der Waals surface area contributed by atoms with Gasteiger partial charge in [0.2, 0.25) is 0 Å². The minimum Gasteiger partial charge on any atom is -0.298 e. The van der Waals surface area contributed by atoms with Gasteiger partial charge >= 0.3 is 0 Å². The molecule has 5 heteroatoms. The molecule has 0 spiro atoms. The van der Waals surface area contributed by atoms with E-state index in [2.05, 4.69) is 59.2 Å². The molecule has 0 aliphatic heterocycles. The zero-order chi connectivity index (χ0) is 16.2. The predicted molar refractivity (Wildman–Crippen MR) is 95.5 cm³/mol. The molecule has 3 aromatic rings. The fourth-order valence-electron chi connectivity index (χ4n) is 2.57. The third-order valence-corrected chi connectivity index (χ3v) is 5.17. The fraction of sp³-hybridized carbons (Fsp3) is 0.333. The van der Waals surface area contributed by atoms with Crippen molar-refractivity contribution in [2.45, 2.75) is 32.9 Å². The number of nitrogens with one attached hydrogen (secondary N) is 1. The molecule has 3 aromatic heterocycles. The zero-order valence-corrected chi connectivity index (χ0v) is 14.6. The van der Waals surface area contributed by atoms with E-state index in [4.69, 9.17) is 0 Å². The predicted octanol–water partition coefficient (Wildman–Crippen LogP) is 3.90. The van der Waals surface area contributed by atoms with Gasteiger partial charge in [-0.3, -0.25) is 15.0 Å². The summed E-state index contributed by atoms with van der Waals surface area (Å²) in [5.41, 5.74) is 3.52. The molecule has 0 fully saturated rings. The monoisotopic (exact) mass is 326 g/mol. The van der Waals surface area contributed by atoms with Crippen molar-refractivity contribution in [1.82, 2.24) is 20.1 Å². The Kier molecular flexibility index (Phi) is 4.88. The molecule has 120 valence electrons. The molecule has 0 saturated heterocycles. The summed E-state index contributed by atoms with van der Waals surface area (Å²) >= 11 is 1.82. The van der Waals surface area contributed by atoms with E-state index in [9.17, 15) is 0 Å². The summed E-state index contributed by atoms with van der Waals surface area (Å²) in [7, 11) is 2.18. The Hall–Kier alpha value is -1.98. The number of aryl methyl sites for hydroxylation is 1. The molecule has 0 aliphatic rings. The maximum absolute atomic E-state index is 4.47. The van der Waals surface area contributed by atoms with Crippen LogP contribution in [0.15, 0.2) is 42.7 Å². The van der Waals surface area contributed by atoms with Gasteiger partial charge < -0.3 is 0 Å². The molecule has 0 aliphatic carbocycles. The van der Waals surface area contributed by atoms with Gasteiger partial charge in [0.15, 0.2) is 0 Å². The van der Waals surface area contributed by atoms with E-state index >= 15 is 0 Å². The Morgan fingerprint density at radius 3 is 2.83 bits per heavy atom. The largest absolute Gasteiger partial charge is 0.298 e. The number of aromatic nitrogens is 3. The fourth-order valence-corrected chi connectivity index (χ4v) is 3.62. The highest BCUT2D eigenvalue weighted by Crippen LogP contribution is 2.27. The first-order chi connectivity index (χ1) is 11.1. The summed E-state index contributed by atoms with van der Waals surface area (Å²) in [4.78, 5) is 9.45. The van der Waals surface area contributed by atoms with Crippen molar-refractivity contribution in [1.29, 1.82) is 0 Å². The topological polar surface area (TPSA) is 44.8 Å². The Morgan fingerprint density at radius 2 is 2.09 bits per heavy atom. The van der Waals surface area contributed by atoms with Gasteiger partial charge in [-0.1, -0.05) is 0 Å². The lowest BCUT2D eigenvalue weighted by Crippen LogP contribution is -2.30. The number of H-pyrrole nitrogens is 1. The highest BCUT2D eigenvalue weighted by atomic mass is 32.1. The third kappa shape index (κ3) is 4.06. The number of rotatable bonds is 6. The molecule has 0 aromatic carbocycles. The van der Waals surface area contributed by atoms with Crippen LogP contribution in [0.1, 0.15) is 23.1 Å². The van der Waals surface area contributed by atoms with Crippen LogP contribution in [-0.4, -0.2) is 33.2 Å². The summed E-state index contributed by atoms with van der Waals surface area (Å²) in [6.07, 6.45) is 4.65. The van der Waals surface area contributed by atoms with Crippen LogP contribution in [0.4, 0.5) is 0 Å². The van der Waals surface area contributed by atoms with Crippen LogP contribution in [0.2, 0.25) is 0 Å². The third-order valence-electron chi connectivity index (χ3n) is 4.06. The van der Waals surface area contributed by atoms with Crippen molar-refractivity contribution < 1.29 is 0 Å². The summed E-state index contributed by atoms with van der Waals surface area (Å²) in [5.74, 6) is 0. The average Bonchev–Trinajstić information content (AvgIpc) is 3.17. The quantitative estimate of drug-likeness (QED) is 0.747. The second kappa shape index (κ2) is 7.06. The van der Waals surface area contributed by atoms with Crippen LogP contribution in [0, 0.1) is 6.92 Å². The second-order valence-corrected chi connectivity index (χ2v) is 7.20. The Morgan fingerprint density at radius 1 is 1.22 bits per heavy atom. The first-order valence-electron chi connectivity index (χ1n) is 7.82. The van der Waals surface area contributed by atoms with Gasteiger partial charge in [-0.2, -0.15) is 5.10 Å². The van der Waals surface area contributed by atoms with Crippen LogP contribution < -0.4 is 0 Å². The minimum atomic E-state index is 0.446. The Bertz CT molecular complexity index is 748. The van der Waals surface area contributed by atoms with E-state index in [0.29, 0.717) is 6.04 Å². The van der Waals surface area contributed by atoms with Gasteiger partial charge in [-0.15, -0.1) is 11.3 Å². The molecule has 0 unspecified atom stereocenters. The van der Waals surface area contributed by atoms with Gasteiger partial charge in [0.25, 0.3) is 0 Å². The second-order valence-electron chi connectivity index (χ2n) is 6.03. The molecule has 0 radical (unpaired) electrons. The summed E-state index contributed by atoms with van der Waals surface area (Å²) < 4.78 is 0. The summed E-state index contributed by atoms with van der Waals surface area (Å²) in [5, 5.41) is 7.03. The molecule has 3 rings (SSSR count). The maximum atomic E-state index is 4.47. The van der Waals surface area contributed by atoms with Gasteiger partial charge in [-0.25, -0.2) is 0 Å². The highest BCUT2D eigenvalue weighted by Gasteiger charge is 2.13. The lowest BCUT2D eigenvalue weighted by atomic mass is 10.1. The van der Waals surface area contributed by atoms with E-state index in [-0.39, 0.29) is 0 Å². The van der Waals surface area contributed by atoms with E-state index in [1.54, 1.807) is 6.20 Å². The molecule has 0 saturated carbocycles. The standard InChI is InChI=1S/C18H22N4S/c1-13-6-8-19-15(10-13)11-14(2)22(3)12-16-4-5-18(23-16)17-7-9-20-21-17/h4-10,14H,11-12H2,1-3H3,(H,20,21)/t14-/m1/s1. The van der Waals surface area contributed by atoms with Crippen molar-refractivity contribution in [2.24, 2.45) is 0 Å². The lowest BCUT2D eigenvalue weighted by Gasteiger charge is -2.24. The van der Waals surface area contributed by atoms with Gasteiger partial charge in [-0.05, 0) is 56.8 Å². The molecule has 1 N–H and O–H groups in total. The minimum absolute atomic E-state index is 0.446. The number of aromatic amines is 1. The molecular formula is C18H22N4S. The highest BCUT2D eigenvalue weighted by molar-refractivity contribution is 7.15. The SMILES string of the molecule is Cc1ccnc(C[C@@H](C)N(C)Cc2ccc(-c3ccn[nH]3)s2)c1. The normalized spacial score (nSPS) is 12.7. The van der Waals surface area contributed by atoms with Crippen molar-refractivity contribution >= 4 is 11.3 Å². The first-order valence-corrected chi connectivity index (χ1v) is 8.63. The van der Waals surface area contributed by atoms with Crippen molar-refractivity contribution in [2.75, 3.05) is 7.05 Å². The number of pyridine rings is 1. The Balaban J connectivity index is 1.61. The number of hydrogen-bond donors (Lipinski definition) is 1. The average molecular weight is 326 g/mol.